The molecule has 4 rings (SSSR count). The van der Waals surface area contributed by atoms with Crippen molar-refractivity contribution in [3.63, 3.8) is 0 Å². The van der Waals surface area contributed by atoms with E-state index in [0.29, 0.717) is 11.1 Å². The lowest BCUT2D eigenvalue weighted by Gasteiger charge is -2.05. The summed E-state index contributed by atoms with van der Waals surface area (Å²) in [7, 11) is 0. The summed E-state index contributed by atoms with van der Waals surface area (Å²) in [5.41, 5.74) is 4.78. The summed E-state index contributed by atoms with van der Waals surface area (Å²) in [6, 6.07) is 24.8. The highest BCUT2D eigenvalue weighted by Gasteiger charge is 2.09. The predicted octanol–water partition coefficient (Wildman–Crippen LogP) is 3.65. The number of fused-ring (bicyclic) bond motifs is 1. The van der Waals surface area contributed by atoms with Crippen LogP contribution in [0.25, 0.3) is 10.8 Å². The lowest BCUT2D eigenvalue weighted by Crippen LogP contribution is -2.33. The second kappa shape index (κ2) is 8.35. The highest BCUT2D eigenvalue weighted by molar-refractivity contribution is 6.03. The normalized spacial score (nSPS) is 11.0. The van der Waals surface area contributed by atoms with Gasteiger partial charge in [-0.1, -0.05) is 60.7 Å². The zero-order valence-electron chi connectivity index (χ0n) is 15.7. The lowest BCUT2D eigenvalue weighted by atomic mass is 10.0. The zero-order chi connectivity index (χ0) is 20.1. The van der Waals surface area contributed by atoms with Crippen molar-refractivity contribution in [1.29, 1.82) is 0 Å². The number of carbonyl (C=O) groups excluding carboxylic acids is 1. The van der Waals surface area contributed by atoms with Gasteiger partial charge in [0, 0.05) is 23.3 Å². The van der Waals surface area contributed by atoms with Crippen molar-refractivity contribution < 1.29 is 14.5 Å². The number of nitrogens with zero attached hydrogens (tertiary/aromatic N) is 2. The van der Waals surface area contributed by atoms with E-state index in [1.54, 1.807) is 18.2 Å². The van der Waals surface area contributed by atoms with Gasteiger partial charge in [-0.15, -0.1) is 0 Å². The van der Waals surface area contributed by atoms with E-state index in [-0.39, 0.29) is 11.7 Å². The molecule has 5 nitrogen and oxygen atoms in total. The van der Waals surface area contributed by atoms with E-state index in [1.807, 2.05) is 65.5 Å². The molecule has 0 saturated carbocycles. The number of carbonyl (C=O) groups is 1. The SMILES string of the molecule is O=C(N/N=C/c1c(O)ccc2ccccc12)c1cc[n+](Cc2ccccc2)cc1. The van der Waals surface area contributed by atoms with Gasteiger partial charge in [0.2, 0.25) is 0 Å². The van der Waals surface area contributed by atoms with Crippen LogP contribution < -0.4 is 9.99 Å². The molecule has 0 saturated heterocycles. The Labute approximate surface area is 168 Å². The van der Waals surface area contributed by atoms with Crippen molar-refractivity contribution in [3.05, 3.63) is 108 Å². The van der Waals surface area contributed by atoms with E-state index in [9.17, 15) is 9.90 Å². The van der Waals surface area contributed by atoms with Crippen LogP contribution >= 0.6 is 0 Å². The van der Waals surface area contributed by atoms with E-state index in [4.69, 9.17) is 0 Å². The Morgan fingerprint density at radius 3 is 2.45 bits per heavy atom. The van der Waals surface area contributed by atoms with Crippen LogP contribution in [0.5, 0.6) is 5.75 Å². The molecule has 0 radical (unpaired) electrons. The molecule has 0 unspecified atom stereocenters. The Hall–Kier alpha value is -3.99. The Bertz CT molecular complexity index is 1170. The number of rotatable bonds is 5. The highest BCUT2D eigenvalue weighted by atomic mass is 16.3. The third kappa shape index (κ3) is 4.30. The highest BCUT2D eigenvalue weighted by Crippen LogP contribution is 2.25. The smallest absolute Gasteiger partial charge is 0.271 e. The first-order valence-electron chi connectivity index (χ1n) is 9.28. The van der Waals surface area contributed by atoms with Gasteiger partial charge in [-0.05, 0) is 16.8 Å². The van der Waals surface area contributed by atoms with Crippen LogP contribution in [-0.2, 0) is 6.54 Å². The Morgan fingerprint density at radius 1 is 0.931 bits per heavy atom. The number of phenolic OH excluding ortho intramolecular Hbond substituents is 1. The maximum atomic E-state index is 12.4. The van der Waals surface area contributed by atoms with Gasteiger partial charge in [-0.2, -0.15) is 5.10 Å². The van der Waals surface area contributed by atoms with Crippen molar-refractivity contribution in [2.45, 2.75) is 6.54 Å². The minimum absolute atomic E-state index is 0.114. The molecule has 0 aliphatic heterocycles. The van der Waals surface area contributed by atoms with Crippen molar-refractivity contribution >= 4 is 22.9 Å². The molecule has 3 aromatic carbocycles. The number of nitrogens with one attached hydrogen (secondary N) is 1. The Kier molecular flexibility index (Phi) is 5.29. The van der Waals surface area contributed by atoms with Gasteiger partial charge < -0.3 is 5.11 Å². The molecule has 29 heavy (non-hydrogen) atoms. The summed E-state index contributed by atoms with van der Waals surface area (Å²) in [6.45, 7) is 0.737. The number of hydrogen-bond acceptors (Lipinski definition) is 3. The van der Waals surface area contributed by atoms with Crippen molar-refractivity contribution in [3.8, 4) is 5.75 Å². The number of benzene rings is 3. The summed E-state index contributed by atoms with van der Waals surface area (Å²) < 4.78 is 2.00. The first-order chi connectivity index (χ1) is 14.2. The number of amides is 1. The van der Waals surface area contributed by atoms with Crippen molar-refractivity contribution in [2.75, 3.05) is 0 Å². The molecule has 1 heterocycles. The number of aromatic hydroxyl groups is 1. The van der Waals surface area contributed by atoms with E-state index in [1.165, 1.54) is 11.8 Å². The number of phenols is 1. The predicted molar refractivity (Wildman–Crippen MR) is 113 cm³/mol. The molecular weight excluding hydrogens is 362 g/mol. The number of pyridine rings is 1. The maximum Gasteiger partial charge on any atom is 0.271 e. The fraction of sp³-hybridized carbons (Fsp3) is 0.0417. The molecular formula is C24H20N3O2+. The third-order valence-electron chi connectivity index (χ3n) is 4.67. The molecule has 0 atom stereocenters. The second-order valence-electron chi connectivity index (χ2n) is 6.66. The van der Waals surface area contributed by atoms with Crippen molar-refractivity contribution in [2.24, 2.45) is 5.10 Å². The monoisotopic (exact) mass is 382 g/mol. The number of aromatic nitrogens is 1. The van der Waals surface area contributed by atoms with Crippen LogP contribution in [0.15, 0.2) is 96.4 Å². The molecule has 0 aliphatic rings. The summed E-state index contributed by atoms with van der Waals surface area (Å²) >= 11 is 0. The van der Waals surface area contributed by atoms with Gasteiger partial charge in [0.1, 0.15) is 5.75 Å². The topological polar surface area (TPSA) is 65.6 Å². The largest absolute Gasteiger partial charge is 0.507 e. The fourth-order valence-corrected chi connectivity index (χ4v) is 3.15. The van der Waals surface area contributed by atoms with E-state index in [0.717, 1.165) is 17.3 Å². The summed E-state index contributed by atoms with van der Waals surface area (Å²) in [5, 5.41) is 16.0. The quantitative estimate of drug-likeness (QED) is 0.314. The van der Waals surface area contributed by atoms with Crippen LogP contribution in [0, 0.1) is 0 Å². The molecule has 0 fully saturated rings. The van der Waals surface area contributed by atoms with Gasteiger partial charge >= 0.3 is 0 Å². The van der Waals surface area contributed by atoms with Gasteiger partial charge in [0.15, 0.2) is 18.9 Å². The summed E-state index contributed by atoms with van der Waals surface area (Å²) in [4.78, 5) is 12.4. The standard InChI is InChI=1S/C24H19N3O2/c28-23-11-10-19-8-4-5-9-21(19)22(23)16-25-26-24(29)20-12-14-27(15-13-20)17-18-6-2-1-3-7-18/h1-16,29H,17H2/p+1. The molecule has 4 aromatic rings. The first-order valence-corrected chi connectivity index (χ1v) is 9.28. The van der Waals surface area contributed by atoms with Crippen molar-refractivity contribution in [1.82, 2.24) is 5.43 Å². The average molecular weight is 382 g/mol. The van der Waals surface area contributed by atoms with Gasteiger partial charge in [0.05, 0.1) is 11.8 Å². The number of hydrazone groups is 1. The van der Waals surface area contributed by atoms with Crippen LogP contribution in [0.2, 0.25) is 0 Å². The minimum Gasteiger partial charge on any atom is -0.507 e. The van der Waals surface area contributed by atoms with Crippen LogP contribution in [0.4, 0.5) is 0 Å². The van der Waals surface area contributed by atoms with E-state index < -0.39 is 0 Å². The maximum absolute atomic E-state index is 12.4. The van der Waals surface area contributed by atoms with Gasteiger partial charge in [-0.3, -0.25) is 4.79 Å². The summed E-state index contributed by atoms with van der Waals surface area (Å²) in [6.07, 6.45) is 5.19. The molecule has 142 valence electrons. The molecule has 0 bridgehead atoms. The first kappa shape index (κ1) is 18.4. The minimum atomic E-state index is -0.312. The second-order valence-corrected chi connectivity index (χ2v) is 6.66. The van der Waals surface area contributed by atoms with Crippen LogP contribution in [0.3, 0.4) is 0 Å². The molecule has 0 aliphatic carbocycles. The molecule has 1 amide bonds. The van der Waals surface area contributed by atoms with E-state index >= 15 is 0 Å². The molecule has 5 heteroatoms. The Morgan fingerprint density at radius 2 is 1.66 bits per heavy atom. The average Bonchev–Trinajstić information content (AvgIpc) is 2.76. The number of hydrogen-bond donors (Lipinski definition) is 2. The Balaban J connectivity index is 1.44. The van der Waals surface area contributed by atoms with Gasteiger partial charge in [-0.25, -0.2) is 9.99 Å². The van der Waals surface area contributed by atoms with Crippen LogP contribution in [-0.4, -0.2) is 17.2 Å². The molecule has 0 spiro atoms. The van der Waals surface area contributed by atoms with Gasteiger partial charge in [0.25, 0.3) is 5.91 Å². The fourth-order valence-electron chi connectivity index (χ4n) is 3.15. The van der Waals surface area contributed by atoms with E-state index in [2.05, 4.69) is 22.7 Å². The zero-order valence-corrected chi connectivity index (χ0v) is 15.7. The van der Waals surface area contributed by atoms with Crippen LogP contribution in [0.1, 0.15) is 21.5 Å². The summed E-state index contributed by atoms with van der Waals surface area (Å²) in [5.74, 6) is -0.198. The third-order valence-corrected chi connectivity index (χ3v) is 4.67. The molecule has 1 aromatic heterocycles. The molecule has 2 N–H and O–H groups in total. The lowest BCUT2D eigenvalue weighted by molar-refractivity contribution is -0.688.